The Labute approximate surface area is 102 Å². The number of carbonyl (C=O) groups is 2. The molecule has 16 heavy (non-hydrogen) atoms. The molecule has 1 saturated heterocycles. The maximum atomic E-state index is 11.4. The maximum absolute atomic E-state index is 11.4. The molecule has 1 fully saturated rings. The molecule has 0 unspecified atom stereocenters. The zero-order valence-electron chi connectivity index (χ0n) is 8.10. The highest BCUT2D eigenvalue weighted by Gasteiger charge is 2.22. The molecule has 1 aliphatic rings. The fraction of sp³-hybridized carbons (Fsp3) is 0. The molecule has 0 saturated carbocycles. The SMILES string of the molecule is O=Cc1ccccc1/C=C1\SC(=S)NC1=O. The number of aldehydes is 1. The molecular weight excluding hydrogens is 242 g/mol. The number of rotatable bonds is 2. The normalized spacial score (nSPS) is 17.6. The van der Waals surface area contributed by atoms with E-state index in [1.54, 1.807) is 24.3 Å². The molecule has 0 aromatic heterocycles. The quantitative estimate of drug-likeness (QED) is 0.494. The zero-order valence-corrected chi connectivity index (χ0v) is 9.73. The van der Waals surface area contributed by atoms with Gasteiger partial charge in [0.1, 0.15) is 4.32 Å². The summed E-state index contributed by atoms with van der Waals surface area (Å²) in [5, 5.41) is 2.52. The molecule has 1 amide bonds. The van der Waals surface area contributed by atoms with E-state index in [4.69, 9.17) is 12.2 Å². The van der Waals surface area contributed by atoms with E-state index in [0.717, 1.165) is 11.8 Å². The second-order valence-corrected chi connectivity index (χ2v) is 4.82. The number of thiocarbonyl (C=S) groups is 1. The van der Waals surface area contributed by atoms with Crippen LogP contribution in [0.5, 0.6) is 0 Å². The number of thioether (sulfide) groups is 1. The molecule has 2 rings (SSSR count). The fourth-order valence-corrected chi connectivity index (χ4v) is 2.35. The van der Waals surface area contributed by atoms with E-state index in [-0.39, 0.29) is 5.91 Å². The van der Waals surface area contributed by atoms with Crippen LogP contribution in [0.2, 0.25) is 0 Å². The third-order valence-electron chi connectivity index (χ3n) is 2.05. The highest BCUT2D eigenvalue weighted by atomic mass is 32.2. The molecule has 0 atom stereocenters. The Bertz CT molecular complexity index is 508. The van der Waals surface area contributed by atoms with Crippen LogP contribution in [0.4, 0.5) is 0 Å². The summed E-state index contributed by atoms with van der Waals surface area (Å²) in [7, 11) is 0. The predicted molar refractivity (Wildman–Crippen MR) is 68.1 cm³/mol. The Morgan fingerprint density at radius 1 is 1.25 bits per heavy atom. The number of amides is 1. The van der Waals surface area contributed by atoms with E-state index in [9.17, 15) is 9.59 Å². The van der Waals surface area contributed by atoms with Crippen LogP contribution in [0.3, 0.4) is 0 Å². The minimum Gasteiger partial charge on any atom is -0.307 e. The first-order valence-corrected chi connectivity index (χ1v) is 5.72. The zero-order chi connectivity index (χ0) is 11.5. The third-order valence-corrected chi connectivity index (χ3v) is 3.21. The lowest BCUT2D eigenvalue weighted by Gasteiger charge is -1.98. The van der Waals surface area contributed by atoms with Gasteiger partial charge in [-0.05, 0) is 11.6 Å². The van der Waals surface area contributed by atoms with Crippen LogP contribution < -0.4 is 5.32 Å². The molecule has 5 heteroatoms. The average molecular weight is 249 g/mol. The van der Waals surface area contributed by atoms with Crippen LogP contribution in [-0.4, -0.2) is 16.5 Å². The van der Waals surface area contributed by atoms with Gasteiger partial charge >= 0.3 is 0 Å². The van der Waals surface area contributed by atoms with Gasteiger partial charge in [0.05, 0.1) is 4.91 Å². The third kappa shape index (κ3) is 2.20. The maximum Gasteiger partial charge on any atom is 0.263 e. The number of benzene rings is 1. The lowest BCUT2D eigenvalue weighted by atomic mass is 10.1. The lowest BCUT2D eigenvalue weighted by molar-refractivity contribution is -0.115. The van der Waals surface area contributed by atoms with E-state index < -0.39 is 0 Å². The molecular formula is C11H7NO2S2. The first-order valence-electron chi connectivity index (χ1n) is 4.50. The van der Waals surface area contributed by atoms with Crippen molar-refractivity contribution in [3.63, 3.8) is 0 Å². The Balaban J connectivity index is 2.39. The van der Waals surface area contributed by atoms with Crippen molar-refractivity contribution in [1.29, 1.82) is 0 Å². The molecule has 1 aliphatic heterocycles. The fourth-order valence-electron chi connectivity index (χ4n) is 1.31. The van der Waals surface area contributed by atoms with Crippen molar-refractivity contribution in [1.82, 2.24) is 5.32 Å². The summed E-state index contributed by atoms with van der Waals surface area (Å²) in [6.45, 7) is 0. The van der Waals surface area contributed by atoms with Crippen molar-refractivity contribution in [3.05, 3.63) is 40.3 Å². The molecule has 1 aromatic rings. The van der Waals surface area contributed by atoms with Gasteiger partial charge in [-0.15, -0.1) is 0 Å². The van der Waals surface area contributed by atoms with E-state index in [1.165, 1.54) is 11.8 Å². The van der Waals surface area contributed by atoms with Gasteiger partial charge < -0.3 is 5.32 Å². The van der Waals surface area contributed by atoms with Crippen molar-refractivity contribution in [2.24, 2.45) is 0 Å². The smallest absolute Gasteiger partial charge is 0.263 e. The van der Waals surface area contributed by atoms with Crippen LogP contribution in [-0.2, 0) is 4.79 Å². The molecule has 1 aromatic carbocycles. The van der Waals surface area contributed by atoms with Crippen molar-refractivity contribution in [2.45, 2.75) is 0 Å². The second kappa shape index (κ2) is 4.59. The predicted octanol–water partition coefficient (Wildman–Crippen LogP) is 1.99. The highest BCUT2D eigenvalue weighted by molar-refractivity contribution is 8.26. The number of carbonyl (C=O) groups excluding carboxylic acids is 2. The molecule has 80 valence electrons. The van der Waals surface area contributed by atoms with E-state index in [0.29, 0.717) is 14.8 Å². The molecule has 1 N–H and O–H groups in total. The molecule has 0 bridgehead atoms. The molecule has 0 radical (unpaired) electrons. The van der Waals surface area contributed by atoms with Crippen LogP contribution in [0, 0.1) is 0 Å². The van der Waals surface area contributed by atoms with Crippen molar-refractivity contribution in [2.75, 3.05) is 0 Å². The number of hydrogen-bond donors (Lipinski definition) is 1. The van der Waals surface area contributed by atoms with Gasteiger partial charge in [-0.25, -0.2) is 0 Å². The summed E-state index contributed by atoms with van der Waals surface area (Å²) in [6, 6.07) is 7.08. The van der Waals surface area contributed by atoms with Crippen molar-refractivity contribution >= 4 is 46.6 Å². The molecule has 0 spiro atoms. The van der Waals surface area contributed by atoms with Crippen LogP contribution in [0.15, 0.2) is 29.2 Å². The summed E-state index contributed by atoms with van der Waals surface area (Å²) < 4.78 is 0.444. The Morgan fingerprint density at radius 2 is 1.94 bits per heavy atom. The van der Waals surface area contributed by atoms with Gasteiger partial charge in [0.15, 0.2) is 6.29 Å². The van der Waals surface area contributed by atoms with Crippen molar-refractivity contribution < 1.29 is 9.59 Å². The Kier molecular flexibility index (Phi) is 3.17. The van der Waals surface area contributed by atoms with Crippen LogP contribution in [0.1, 0.15) is 15.9 Å². The van der Waals surface area contributed by atoms with Crippen molar-refractivity contribution in [3.8, 4) is 0 Å². The summed E-state index contributed by atoms with van der Waals surface area (Å²) >= 11 is 6.07. The minimum absolute atomic E-state index is 0.212. The molecule has 3 nitrogen and oxygen atoms in total. The number of nitrogens with one attached hydrogen (secondary N) is 1. The number of hydrogen-bond acceptors (Lipinski definition) is 4. The molecule has 1 heterocycles. The first-order chi connectivity index (χ1) is 7.70. The standard InChI is InChI=1S/C11H7NO2S2/c13-6-8-4-2-1-3-7(8)5-9-10(14)12-11(15)16-9/h1-6H,(H,12,14,15)/b9-5-. The van der Waals surface area contributed by atoms with Crippen LogP contribution >= 0.6 is 24.0 Å². The van der Waals surface area contributed by atoms with Gasteiger partial charge in [-0.2, -0.15) is 0 Å². The molecule has 0 aliphatic carbocycles. The largest absolute Gasteiger partial charge is 0.307 e. The van der Waals surface area contributed by atoms with Gasteiger partial charge in [0, 0.05) is 5.56 Å². The topological polar surface area (TPSA) is 46.2 Å². The van der Waals surface area contributed by atoms with Gasteiger partial charge in [0.25, 0.3) is 5.91 Å². The lowest BCUT2D eigenvalue weighted by Crippen LogP contribution is -2.17. The highest BCUT2D eigenvalue weighted by Crippen LogP contribution is 2.26. The summed E-state index contributed by atoms with van der Waals surface area (Å²) in [4.78, 5) is 22.7. The van der Waals surface area contributed by atoms with E-state index >= 15 is 0 Å². The monoisotopic (exact) mass is 249 g/mol. The Hall–Kier alpha value is -1.46. The average Bonchev–Trinajstić information content (AvgIpc) is 2.58. The summed E-state index contributed by atoms with van der Waals surface area (Å²) in [5.41, 5.74) is 1.28. The Morgan fingerprint density at radius 3 is 2.50 bits per heavy atom. The van der Waals surface area contributed by atoms with Crippen LogP contribution in [0.25, 0.3) is 6.08 Å². The van der Waals surface area contributed by atoms with E-state index in [1.807, 2.05) is 6.07 Å². The van der Waals surface area contributed by atoms with Gasteiger partial charge in [-0.1, -0.05) is 48.2 Å². The van der Waals surface area contributed by atoms with E-state index in [2.05, 4.69) is 5.32 Å². The second-order valence-electron chi connectivity index (χ2n) is 3.10. The van der Waals surface area contributed by atoms with Gasteiger partial charge in [-0.3, -0.25) is 9.59 Å². The minimum atomic E-state index is -0.212. The summed E-state index contributed by atoms with van der Waals surface area (Å²) in [5.74, 6) is -0.212. The first kappa shape index (κ1) is 11.0. The summed E-state index contributed by atoms with van der Waals surface area (Å²) in [6.07, 6.45) is 2.44. The van der Waals surface area contributed by atoms with Gasteiger partial charge in [0.2, 0.25) is 0 Å².